The highest BCUT2D eigenvalue weighted by molar-refractivity contribution is 5.98. The van der Waals surface area contributed by atoms with E-state index in [4.69, 9.17) is 10.5 Å². The van der Waals surface area contributed by atoms with Gasteiger partial charge in [-0.25, -0.2) is 9.37 Å². The first kappa shape index (κ1) is 21.4. The number of hydrogen-bond donors (Lipinski definition) is 2. The Morgan fingerprint density at radius 2 is 2.06 bits per heavy atom. The summed E-state index contributed by atoms with van der Waals surface area (Å²) >= 11 is 0. The lowest BCUT2D eigenvalue weighted by molar-refractivity contribution is -0.120. The van der Waals surface area contributed by atoms with Gasteiger partial charge in [0.2, 0.25) is 5.91 Å². The molecule has 1 atom stereocenters. The normalized spacial score (nSPS) is 16.5. The van der Waals surface area contributed by atoms with E-state index in [1.807, 2.05) is 35.9 Å². The molecule has 1 unspecified atom stereocenters. The van der Waals surface area contributed by atoms with Crippen molar-refractivity contribution in [3.63, 3.8) is 0 Å². The summed E-state index contributed by atoms with van der Waals surface area (Å²) in [6, 6.07) is 9.68. The highest BCUT2D eigenvalue weighted by Gasteiger charge is 2.27. The third-order valence-electron chi connectivity index (χ3n) is 5.68. The van der Waals surface area contributed by atoms with Crippen LogP contribution in [-0.2, 0) is 11.2 Å². The number of ether oxygens (including phenoxy) is 1. The molecule has 166 valence electrons. The average molecular weight is 436 g/mol. The van der Waals surface area contributed by atoms with E-state index >= 15 is 0 Å². The number of aryl methyl sites for hydroxylation is 2. The number of anilines is 1. The van der Waals surface area contributed by atoms with Gasteiger partial charge in [-0.15, -0.1) is 0 Å². The minimum Gasteiger partial charge on any atom is -0.495 e. The summed E-state index contributed by atoms with van der Waals surface area (Å²) in [5, 5.41) is 3.15. The number of fused-ring (bicyclic) bond motifs is 1. The Bertz CT molecular complexity index is 1190. The molecule has 0 saturated heterocycles. The summed E-state index contributed by atoms with van der Waals surface area (Å²) in [7, 11) is 3.30. The Balaban J connectivity index is 1.53. The number of benzene rings is 2. The number of methoxy groups -OCH3 is 1. The quantitative estimate of drug-likeness (QED) is 0.643. The van der Waals surface area contributed by atoms with Crippen molar-refractivity contribution in [3.8, 4) is 11.4 Å². The zero-order chi connectivity index (χ0) is 22.8. The Labute approximate surface area is 186 Å². The zero-order valence-electron chi connectivity index (χ0n) is 18.3. The van der Waals surface area contributed by atoms with Gasteiger partial charge < -0.3 is 25.3 Å². The molecule has 8 heteroatoms. The lowest BCUT2D eigenvalue weighted by Crippen LogP contribution is -2.42. The van der Waals surface area contributed by atoms with Crippen LogP contribution in [0.4, 0.5) is 10.1 Å². The molecule has 32 heavy (non-hydrogen) atoms. The summed E-state index contributed by atoms with van der Waals surface area (Å²) < 4.78 is 21.1. The first-order chi connectivity index (χ1) is 15.4. The molecule has 1 aliphatic heterocycles. The van der Waals surface area contributed by atoms with Gasteiger partial charge in [-0.05, 0) is 55.7 Å². The number of aromatic nitrogens is 2. The van der Waals surface area contributed by atoms with Gasteiger partial charge in [0.05, 0.1) is 30.5 Å². The molecule has 0 radical (unpaired) electrons. The second kappa shape index (κ2) is 8.74. The van der Waals surface area contributed by atoms with Crippen molar-refractivity contribution in [3.05, 3.63) is 77.8 Å². The van der Waals surface area contributed by atoms with Crippen LogP contribution in [0.25, 0.3) is 11.4 Å². The van der Waals surface area contributed by atoms with Crippen molar-refractivity contribution in [2.24, 2.45) is 5.73 Å². The number of nitrogens with one attached hydrogen (secondary N) is 1. The smallest absolute Gasteiger partial charge is 0.249 e. The van der Waals surface area contributed by atoms with E-state index in [-0.39, 0.29) is 11.7 Å². The van der Waals surface area contributed by atoms with E-state index in [9.17, 15) is 9.18 Å². The second-order valence-corrected chi connectivity index (χ2v) is 7.84. The summed E-state index contributed by atoms with van der Waals surface area (Å²) in [5.74, 6) is 0.255. The van der Waals surface area contributed by atoms with Crippen molar-refractivity contribution in [1.82, 2.24) is 14.9 Å². The molecule has 1 aromatic heterocycles. The van der Waals surface area contributed by atoms with Crippen molar-refractivity contribution in [2.45, 2.75) is 25.8 Å². The van der Waals surface area contributed by atoms with Crippen LogP contribution in [0.2, 0.25) is 0 Å². The molecule has 0 fully saturated rings. The highest BCUT2D eigenvalue weighted by atomic mass is 19.1. The van der Waals surface area contributed by atoms with E-state index in [0.29, 0.717) is 24.3 Å². The van der Waals surface area contributed by atoms with Crippen molar-refractivity contribution in [2.75, 3.05) is 19.1 Å². The van der Waals surface area contributed by atoms with Crippen LogP contribution in [0.5, 0.6) is 5.75 Å². The van der Waals surface area contributed by atoms with Crippen LogP contribution in [0.15, 0.2) is 55.1 Å². The summed E-state index contributed by atoms with van der Waals surface area (Å²) in [4.78, 5) is 18.7. The molecular weight excluding hydrogens is 409 g/mol. The molecule has 1 amide bonds. The number of rotatable bonds is 5. The van der Waals surface area contributed by atoms with E-state index in [0.717, 1.165) is 28.2 Å². The predicted molar refractivity (Wildman–Crippen MR) is 122 cm³/mol. The largest absolute Gasteiger partial charge is 0.495 e. The minimum absolute atomic E-state index is 0.0946. The molecule has 7 nitrogen and oxygen atoms in total. The van der Waals surface area contributed by atoms with E-state index in [1.165, 1.54) is 12.1 Å². The third-order valence-corrected chi connectivity index (χ3v) is 5.68. The van der Waals surface area contributed by atoms with Crippen LogP contribution in [-0.4, -0.2) is 35.7 Å². The fourth-order valence-electron chi connectivity index (χ4n) is 3.91. The van der Waals surface area contributed by atoms with Crippen LogP contribution >= 0.6 is 0 Å². The van der Waals surface area contributed by atoms with Crippen LogP contribution in [0.1, 0.15) is 23.2 Å². The van der Waals surface area contributed by atoms with Gasteiger partial charge >= 0.3 is 0 Å². The minimum atomic E-state index is -0.468. The zero-order valence-corrected chi connectivity index (χ0v) is 18.3. The number of likely N-dealkylation sites (N-methyl/N-ethyl adjacent to an activating group) is 1. The molecule has 0 aliphatic carbocycles. The lowest BCUT2D eigenvalue weighted by Gasteiger charge is -2.22. The topological polar surface area (TPSA) is 85.4 Å². The predicted octanol–water partition coefficient (Wildman–Crippen LogP) is 3.15. The number of carbonyl (C=O) groups excluding carboxylic acids is 1. The number of halogens is 1. The number of carbonyl (C=O) groups is 1. The molecule has 2 aromatic carbocycles. The number of nitrogens with zero attached hydrogens (tertiary/aromatic N) is 3. The standard InChI is InChI=1S/C24H26FN5O2/c1-15-13-30(14-28-15)22-8-5-16(11-23(22)32-3)19(26)12-27-20-7-4-17-10-18(25)6-9-21(17)29(2)24(20)31/h5-6,8-14,20,27H,4,7,26H2,1-3H3/b19-12-. The van der Waals surface area contributed by atoms with Crippen LogP contribution in [0.3, 0.4) is 0 Å². The van der Waals surface area contributed by atoms with Gasteiger partial charge in [0, 0.05) is 30.7 Å². The number of amides is 1. The molecule has 2 heterocycles. The van der Waals surface area contributed by atoms with Gasteiger partial charge in [0.25, 0.3) is 0 Å². The van der Waals surface area contributed by atoms with Crippen LogP contribution < -0.4 is 20.7 Å². The molecule has 4 rings (SSSR count). The Hall–Kier alpha value is -3.81. The summed E-state index contributed by atoms with van der Waals surface area (Å²) in [6.45, 7) is 1.92. The number of imidazole rings is 1. The fourth-order valence-corrected chi connectivity index (χ4v) is 3.91. The van der Waals surface area contributed by atoms with Gasteiger partial charge in [-0.2, -0.15) is 0 Å². The monoisotopic (exact) mass is 435 g/mol. The molecular formula is C24H26FN5O2. The van der Waals surface area contributed by atoms with E-state index < -0.39 is 6.04 Å². The molecule has 0 spiro atoms. The Morgan fingerprint density at radius 1 is 1.28 bits per heavy atom. The first-order valence-electron chi connectivity index (χ1n) is 10.3. The summed E-state index contributed by atoms with van der Waals surface area (Å²) in [6.07, 6.45) is 6.40. The number of hydrogen-bond acceptors (Lipinski definition) is 5. The van der Waals surface area contributed by atoms with Crippen molar-refractivity contribution in [1.29, 1.82) is 0 Å². The molecule has 3 aromatic rings. The molecule has 0 saturated carbocycles. The first-order valence-corrected chi connectivity index (χ1v) is 10.3. The second-order valence-electron chi connectivity index (χ2n) is 7.84. The van der Waals surface area contributed by atoms with Crippen molar-refractivity contribution < 1.29 is 13.9 Å². The SMILES string of the molecule is COc1cc(/C(N)=C/NC2CCc3cc(F)ccc3N(C)C2=O)ccc1-n1cnc(C)c1. The highest BCUT2D eigenvalue weighted by Crippen LogP contribution is 2.28. The van der Waals surface area contributed by atoms with E-state index in [2.05, 4.69) is 10.3 Å². The van der Waals surface area contributed by atoms with Gasteiger partial charge in [0.1, 0.15) is 17.6 Å². The fraction of sp³-hybridized carbons (Fsp3) is 0.250. The van der Waals surface area contributed by atoms with Gasteiger partial charge in [0.15, 0.2) is 0 Å². The van der Waals surface area contributed by atoms with Crippen molar-refractivity contribution >= 4 is 17.3 Å². The molecule has 0 bridgehead atoms. The van der Waals surface area contributed by atoms with Gasteiger partial charge in [-0.1, -0.05) is 6.07 Å². The summed E-state index contributed by atoms with van der Waals surface area (Å²) in [5.41, 5.74) is 10.8. The maximum Gasteiger partial charge on any atom is 0.249 e. The average Bonchev–Trinajstić information content (AvgIpc) is 3.19. The Kier molecular flexibility index (Phi) is 5.85. The maximum atomic E-state index is 13.6. The Morgan fingerprint density at radius 3 is 2.78 bits per heavy atom. The van der Waals surface area contributed by atoms with Crippen LogP contribution in [0, 0.1) is 12.7 Å². The maximum absolute atomic E-state index is 13.6. The molecule has 1 aliphatic rings. The van der Waals surface area contributed by atoms with E-state index in [1.54, 1.807) is 37.7 Å². The number of nitrogens with two attached hydrogens (primary N) is 1. The third kappa shape index (κ3) is 4.16. The molecule has 3 N–H and O–H groups in total. The lowest BCUT2D eigenvalue weighted by atomic mass is 10.1. The van der Waals surface area contributed by atoms with Gasteiger partial charge in [-0.3, -0.25) is 4.79 Å².